The van der Waals surface area contributed by atoms with E-state index in [1.54, 1.807) is 11.4 Å². The van der Waals surface area contributed by atoms with Crippen molar-refractivity contribution in [2.75, 3.05) is 6.54 Å². The molecule has 0 aliphatic rings. The lowest BCUT2D eigenvalue weighted by molar-refractivity contribution is -0.131. The zero-order chi connectivity index (χ0) is 12.0. The number of carboxylic acid groups (broad SMARTS) is 1. The molecule has 1 heterocycles. The normalized spacial score (nSPS) is 12.6. The number of amides is 1. The zero-order valence-electron chi connectivity index (χ0n) is 8.29. The van der Waals surface area contributed by atoms with E-state index in [1.165, 1.54) is 11.3 Å². The van der Waals surface area contributed by atoms with E-state index in [0.717, 1.165) is 17.7 Å². The first-order valence-corrected chi connectivity index (χ1v) is 5.43. The number of thiophene rings is 1. The molecule has 0 aliphatic heterocycles. The Bertz CT molecular complexity index is 386. The van der Waals surface area contributed by atoms with Gasteiger partial charge in [0.1, 0.15) is 0 Å². The molecule has 0 radical (unpaired) electrons. The molecule has 0 spiro atoms. The van der Waals surface area contributed by atoms with Crippen LogP contribution in [0.4, 0.5) is 0 Å². The van der Waals surface area contributed by atoms with Gasteiger partial charge in [-0.2, -0.15) is 11.3 Å². The second-order valence-corrected chi connectivity index (χ2v) is 3.77. The number of carboxylic acids is 1. The second kappa shape index (κ2) is 6.04. The Morgan fingerprint density at radius 1 is 1.50 bits per heavy atom. The van der Waals surface area contributed by atoms with Crippen molar-refractivity contribution < 1.29 is 19.8 Å². The van der Waals surface area contributed by atoms with E-state index >= 15 is 0 Å². The number of aliphatic carboxylic acids is 1. The van der Waals surface area contributed by atoms with Crippen molar-refractivity contribution >= 4 is 23.2 Å². The molecule has 0 aromatic carbocycles. The van der Waals surface area contributed by atoms with Crippen LogP contribution in [0.1, 0.15) is 11.7 Å². The van der Waals surface area contributed by atoms with Crippen LogP contribution in [0.15, 0.2) is 29.0 Å². The zero-order valence-corrected chi connectivity index (χ0v) is 9.11. The van der Waals surface area contributed by atoms with Gasteiger partial charge in [0.05, 0.1) is 6.10 Å². The molecule has 3 N–H and O–H groups in total. The number of rotatable bonds is 5. The van der Waals surface area contributed by atoms with Crippen molar-refractivity contribution in [3.63, 3.8) is 0 Å². The summed E-state index contributed by atoms with van der Waals surface area (Å²) in [6.07, 6.45) is 0.878. The minimum absolute atomic E-state index is 0.0551. The highest BCUT2D eigenvalue weighted by atomic mass is 32.1. The fraction of sp³-hybridized carbons (Fsp3) is 0.200. The molecule has 0 bridgehead atoms. The number of aliphatic hydroxyl groups is 1. The van der Waals surface area contributed by atoms with Gasteiger partial charge in [0, 0.05) is 18.7 Å². The van der Waals surface area contributed by atoms with Gasteiger partial charge in [-0.1, -0.05) is 0 Å². The molecule has 5 nitrogen and oxygen atoms in total. The summed E-state index contributed by atoms with van der Waals surface area (Å²) < 4.78 is 0. The molecule has 1 aromatic rings. The number of carbonyl (C=O) groups excluding carboxylic acids is 1. The van der Waals surface area contributed by atoms with Crippen molar-refractivity contribution in [2.45, 2.75) is 6.10 Å². The van der Waals surface area contributed by atoms with E-state index in [9.17, 15) is 14.7 Å². The fourth-order valence-electron chi connectivity index (χ4n) is 0.986. The van der Waals surface area contributed by atoms with E-state index in [0.29, 0.717) is 0 Å². The summed E-state index contributed by atoms with van der Waals surface area (Å²) in [6.45, 7) is 0.0551. The summed E-state index contributed by atoms with van der Waals surface area (Å²) in [6, 6.07) is 1.76. The topological polar surface area (TPSA) is 86.6 Å². The lowest BCUT2D eigenvalue weighted by atomic mass is 10.2. The Morgan fingerprint density at radius 3 is 2.81 bits per heavy atom. The maximum Gasteiger partial charge on any atom is 0.328 e. The first kappa shape index (κ1) is 12.4. The van der Waals surface area contributed by atoms with Crippen LogP contribution in [0.25, 0.3) is 0 Å². The van der Waals surface area contributed by atoms with Gasteiger partial charge < -0.3 is 15.5 Å². The summed E-state index contributed by atoms with van der Waals surface area (Å²) in [4.78, 5) is 21.2. The van der Waals surface area contributed by atoms with Gasteiger partial charge >= 0.3 is 5.97 Å². The molecule has 0 saturated heterocycles. The summed E-state index contributed by atoms with van der Waals surface area (Å²) >= 11 is 1.45. The van der Waals surface area contributed by atoms with Gasteiger partial charge in [-0.15, -0.1) is 0 Å². The molecule has 1 amide bonds. The third kappa shape index (κ3) is 4.24. The number of hydrogen-bond donors (Lipinski definition) is 3. The molecular formula is C10H11NO4S. The lowest BCUT2D eigenvalue weighted by Crippen LogP contribution is -2.26. The van der Waals surface area contributed by atoms with Gasteiger partial charge in [-0.25, -0.2) is 4.79 Å². The number of aliphatic hydroxyl groups excluding tert-OH is 1. The number of carbonyl (C=O) groups is 2. The fourth-order valence-corrected chi connectivity index (χ4v) is 1.69. The molecule has 1 unspecified atom stereocenters. The van der Waals surface area contributed by atoms with E-state index in [1.807, 2.05) is 5.38 Å². The second-order valence-electron chi connectivity index (χ2n) is 2.99. The van der Waals surface area contributed by atoms with Gasteiger partial charge in [0.25, 0.3) is 0 Å². The molecule has 1 atom stereocenters. The van der Waals surface area contributed by atoms with E-state index in [2.05, 4.69) is 5.32 Å². The van der Waals surface area contributed by atoms with Gasteiger partial charge in [-0.05, 0) is 22.4 Å². The maximum absolute atomic E-state index is 11.1. The average Bonchev–Trinajstić information content (AvgIpc) is 2.76. The Labute approximate surface area is 96.0 Å². The molecule has 1 aromatic heterocycles. The number of nitrogens with one attached hydrogen (secondary N) is 1. The Morgan fingerprint density at radius 2 is 2.25 bits per heavy atom. The third-order valence-corrected chi connectivity index (χ3v) is 2.48. The Kier molecular flexibility index (Phi) is 4.68. The highest BCUT2D eigenvalue weighted by Gasteiger charge is 2.08. The summed E-state index contributed by atoms with van der Waals surface area (Å²) in [5.41, 5.74) is 0.729. The van der Waals surface area contributed by atoms with Crippen LogP contribution in [-0.2, 0) is 9.59 Å². The van der Waals surface area contributed by atoms with Crippen molar-refractivity contribution in [1.29, 1.82) is 0 Å². The van der Waals surface area contributed by atoms with Crippen molar-refractivity contribution in [3.8, 4) is 0 Å². The van der Waals surface area contributed by atoms with Crippen LogP contribution in [0.3, 0.4) is 0 Å². The monoisotopic (exact) mass is 241 g/mol. The van der Waals surface area contributed by atoms with Crippen molar-refractivity contribution in [2.24, 2.45) is 0 Å². The smallest absolute Gasteiger partial charge is 0.328 e. The largest absolute Gasteiger partial charge is 0.478 e. The predicted molar refractivity (Wildman–Crippen MR) is 59.1 cm³/mol. The van der Waals surface area contributed by atoms with Crippen molar-refractivity contribution in [3.05, 3.63) is 34.5 Å². The third-order valence-electron chi connectivity index (χ3n) is 1.77. The summed E-state index contributed by atoms with van der Waals surface area (Å²) in [5, 5.41) is 23.9. The first-order chi connectivity index (χ1) is 7.59. The molecule has 1 rings (SSSR count). The first-order valence-electron chi connectivity index (χ1n) is 4.48. The molecule has 6 heteroatoms. The molecule has 0 saturated carbocycles. The van der Waals surface area contributed by atoms with Crippen molar-refractivity contribution in [1.82, 2.24) is 5.32 Å². The van der Waals surface area contributed by atoms with Gasteiger partial charge in [0.2, 0.25) is 5.91 Å². The van der Waals surface area contributed by atoms with Crippen LogP contribution in [0.2, 0.25) is 0 Å². The quantitative estimate of drug-likeness (QED) is 0.657. The van der Waals surface area contributed by atoms with Crippen LogP contribution in [0, 0.1) is 0 Å². The minimum atomic E-state index is -1.19. The average molecular weight is 241 g/mol. The standard InChI is InChI=1S/C10H11NO4S/c12-8(7-3-4-16-6-7)5-11-9(13)1-2-10(14)15/h1-4,6,8,12H,5H2,(H,11,13)(H,14,15)/b2-1+. The van der Waals surface area contributed by atoms with Crippen LogP contribution in [0.5, 0.6) is 0 Å². The minimum Gasteiger partial charge on any atom is -0.478 e. The summed E-state index contributed by atoms with van der Waals surface area (Å²) in [5.74, 6) is -1.73. The highest BCUT2D eigenvalue weighted by Crippen LogP contribution is 2.14. The predicted octanol–water partition coefficient (Wildman–Crippen LogP) is 0.538. The Balaban J connectivity index is 2.35. The maximum atomic E-state index is 11.1. The summed E-state index contributed by atoms with van der Waals surface area (Å²) in [7, 11) is 0. The van der Waals surface area contributed by atoms with Crippen LogP contribution >= 0.6 is 11.3 Å². The van der Waals surface area contributed by atoms with Crippen LogP contribution in [-0.4, -0.2) is 28.6 Å². The number of hydrogen-bond acceptors (Lipinski definition) is 4. The molecule has 86 valence electrons. The highest BCUT2D eigenvalue weighted by molar-refractivity contribution is 7.07. The Hall–Kier alpha value is -1.66. The SMILES string of the molecule is O=C(O)/C=C/C(=O)NCC(O)c1ccsc1. The lowest BCUT2D eigenvalue weighted by Gasteiger charge is -2.08. The van der Waals surface area contributed by atoms with Gasteiger partial charge in [0.15, 0.2) is 0 Å². The van der Waals surface area contributed by atoms with E-state index in [4.69, 9.17) is 5.11 Å². The molecule has 16 heavy (non-hydrogen) atoms. The van der Waals surface area contributed by atoms with E-state index < -0.39 is 18.0 Å². The van der Waals surface area contributed by atoms with Crippen LogP contribution < -0.4 is 5.32 Å². The van der Waals surface area contributed by atoms with E-state index in [-0.39, 0.29) is 6.54 Å². The molecule has 0 aliphatic carbocycles. The molecule has 0 fully saturated rings. The van der Waals surface area contributed by atoms with Gasteiger partial charge in [-0.3, -0.25) is 4.79 Å². The molecular weight excluding hydrogens is 230 g/mol.